The Bertz CT molecular complexity index is 1460. The number of rotatable bonds is 5. The molecular formula is C30H29ClF3N3O5. The molecule has 1 aliphatic heterocycles. The average Bonchev–Trinajstić information content (AvgIpc) is 3.29. The molecule has 8 nitrogen and oxygen atoms in total. The van der Waals surface area contributed by atoms with E-state index in [0.717, 1.165) is 12.1 Å². The van der Waals surface area contributed by atoms with Crippen LogP contribution < -0.4 is 10.6 Å². The Labute approximate surface area is 245 Å². The lowest BCUT2D eigenvalue weighted by Gasteiger charge is -2.24. The second-order valence-electron chi connectivity index (χ2n) is 10.7. The quantitative estimate of drug-likeness (QED) is 0.306. The number of urea groups is 1. The summed E-state index contributed by atoms with van der Waals surface area (Å²) in [7, 11) is 0. The molecule has 0 radical (unpaired) electrons. The lowest BCUT2D eigenvalue weighted by Crippen LogP contribution is -2.46. The minimum atomic E-state index is -4.48. The van der Waals surface area contributed by atoms with Crippen molar-refractivity contribution < 1.29 is 37.0 Å². The number of benzene rings is 3. The van der Waals surface area contributed by atoms with Gasteiger partial charge in [0.2, 0.25) is 0 Å². The highest BCUT2D eigenvalue weighted by Crippen LogP contribution is 2.32. The topological polar surface area (TPSA) is 97.0 Å². The van der Waals surface area contributed by atoms with Crippen molar-refractivity contribution in [3.05, 3.63) is 88.9 Å². The molecule has 0 aliphatic carbocycles. The smallest absolute Gasteiger partial charge is 0.416 e. The van der Waals surface area contributed by atoms with Crippen molar-refractivity contribution in [2.75, 3.05) is 18.4 Å². The minimum Gasteiger partial charge on any atom is -0.455 e. The fourth-order valence-corrected chi connectivity index (χ4v) is 4.48. The van der Waals surface area contributed by atoms with Gasteiger partial charge in [0.05, 0.1) is 23.7 Å². The molecule has 1 unspecified atom stereocenters. The number of hydrogen-bond donors (Lipinski definition) is 2. The van der Waals surface area contributed by atoms with Crippen molar-refractivity contribution in [1.82, 2.24) is 10.2 Å². The number of carbonyl (C=O) groups is 3. The summed E-state index contributed by atoms with van der Waals surface area (Å²) < 4.78 is 50.5. The van der Waals surface area contributed by atoms with Gasteiger partial charge in [-0.2, -0.15) is 13.2 Å². The third-order valence-electron chi connectivity index (χ3n) is 6.22. The Kier molecular flexibility index (Phi) is 9.00. The van der Waals surface area contributed by atoms with Gasteiger partial charge >= 0.3 is 24.3 Å². The number of amides is 3. The maximum atomic E-state index is 13.1. The van der Waals surface area contributed by atoms with Gasteiger partial charge in [0, 0.05) is 17.3 Å². The van der Waals surface area contributed by atoms with Crippen LogP contribution in [-0.4, -0.2) is 53.8 Å². The number of halogens is 4. The average molecular weight is 604 g/mol. The van der Waals surface area contributed by atoms with Crippen LogP contribution in [0, 0.1) is 0 Å². The van der Waals surface area contributed by atoms with E-state index in [1.165, 1.54) is 41.3 Å². The molecule has 0 aromatic heterocycles. The van der Waals surface area contributed by atoms with Crippen LogP contribution in [-0.2, 0) is 15.7 Å². The van der Waals surface area contributed by atoms with Crippen LogP contribution in [0.15, 0.2) is 72.8 Å². The number of nitrogens with zero attached hydrogens (tertiary/aromatic N) is 1. The molecule has 4 rings (SSSR count). The van der Waals surface area contributed by atoms with E-state index in [1.54, 1.807) is 45.0 Å². The monoisotopic (exact) mass is 603 g/mol. The Morgan fingerprint density at radius 1 is 0.905 bits per heavy atom. The summed E-state index contributed by atoms with van der Waals surface area (Å²) in [5, 5.41) is 5.82. The molecule has 1 heterocycles. The van der Waals surface area contributed by atoms with E-state index in [0.29, 0.717) is 21.8 Å². The molecule has 0 saturated carbocycles. The SMILES string of the molecule is CC(C)(C)OC(=O)N1CC(NC(=O)Nc2cccc(Cl)c2)[C@@H](OC(=O)c2ccc(-c3cccc(C(F)(F)F)c3)cc2)C1. The Hall–Kier alpha value is -4.25. The standard InChI is InChI=1S/C30H29ClF3N3O5/c1-29(2,3)42-28(40)37-16-24(36-27(39)35-23-9-5-8-22(31)15-23)25(17-37)41-26(38)19-12-10-18(11-13-19)20-6-4-7-21(14-20)30(32,33)34/h4-15,24-25H,16-17H2,1-3H3,(H2,35,36,39)/t24?,25-/m0/s1. The summed E-state index contributed by atoms with van der Waals surface area (Å²) in [6, 6.07) is 15.9. The molecule has 0 spiro atoms. The van der Waals surface area contributed by atoms with Crippen molar-refractivity contribution in [2.45, 2.75) is 44.7 Å². The number of nitrogens with one attached hydrogen (secondary N) is 2. The van der Waals surface area contributed by atoms with Crippen molar-refractivity contribution in [3.8, 4) is 11.1 Å². The molecule has 222 valence electrons. The minimum absolute atomic E-state index is 0.0182. The molecule has 1 saturated heterocycles. The number of esters is 1. The van der Waals surface area contributed by atoms with Gasteiger partial charge in [0.15, 0.2) is 0 Å². The molecule has 42 heavy (non-hydrogen) atoms. The maximum absolute atomic E-state index is 13.1. The zero-order chi connectivity index (χ0) is 30.7. The molecule has 3 aromatic carbocycles. The largest absolute Gasteiger partial charge is 0.455 e. The number of alkyl halides is 3. The number of ether oxygens (including phenoxy) is 2. The predicted octanol–water partition coefficient (Wildman–Crippen LogP) is 6.99. The van der Waals surface area contributed by atoms with Crippen LogP contribution in [0.4, 0.5) is 28.4 Å². The van der Waals surface area contributed by atoms with Gasteiger partial charge in [-0.3, -0.25) is 0 Å². The molecule has 1 fully saturated rings. The summed E-state index contributed by atoms with van der Waals surface area (Å²) >= 11 is 5.98. The number of likely N-dealkylation sites (tertiary alicyclic amines) is 1. The normalized spacial score (nSPS) is 17.0. The van der Waals surface area contributed by atoms with Gasteiger partial charge in [-0.15, -0.1) is 0 Å². The van der Waals surface area contributed by atoms with Crippen LogP contribution in [0.5, 0.6) is 0 Å². The van der Waals surface area contributed by atoms with Crippen LogP contribution >= 0.6 is 11.6 Å². The Balaban J connectivity index is 1.47. The maximum Gasteiger partial charge on any atom is 0.416 e. The first-order chi connectivity index (χ1) is 19.7. The summed E-state index contributed by atoms with van der Waals surface area (Å²) in [6.07, 6.45) is -6.03. The lowest BCUT2D eigenvalue weighted by atomic mass is 10.0. The fourth-order valence-electron chi connectivity index (χ4n) is 4.29. The molecule has 0 bridgehead atoms. The van der Waals surface area contributed by atoms with E-state index in [-0.39, 0.29) is 18.7 Å². The second kappa shape index (κ2) is 12.3. The highest BCUT2D eigenvalue weighted by Gasteiger charge is 2.40. The third kappa shape index (κ3) is 8.16. The molecular weight excluding hydrogens is 575 g/mol. The molecule has 12 heteroatoms. The zero-order valence-corrected chi connectivity index (χ0v) is 23.8. The number of carbonyl (C=O) groups excluding carboxylic acids is 3. The summed E-state index contributed by atoms with van der Waals surface area (Å²) in [5.41, 5.74) is -0.146. The summed E-state index contributed by atoms with van der Waals surface area (Å²) in [4.78, 5) is 39.9. The molecule has 1 aliphatic rings. The zero-order valence-electron chi connectivity index (χ0n) is 23.0. The van der Waals surface area contributed by atoms with Gasteiger partial charge in [0.1, 0.15) is 11.7 Å². The number of hydrogen-bond acceptors (Lipinski definition) is 5. The van der Waals surface area contributed by atoms with Crippen LogP contribution in [0.2, 0.25) is 5.02 Å². The molecule has 2 atom stereocenters. The van der Waals surface area contributed by atoms with E-state index in [1.807, 2.05) is 0 Å². The van der Waals surface area contributed by atoms with Crippen LogP contribution in [0.3, 0.4) is 0 Å². The van der Waals surface area contributed by atoms with Gasteiger partial charge in [-0.1, -0.05) is 41.9 Å². The highest BCUT2D eigenvalue weighted by molar-refractivity contribution is 6.30. The van der Waals surface area contributed by atoms with Gasteiger partial charge in [-0.25, -0.2) is 14.4 Å². The summed E-state index contributed by atoms with van der Waals surface area (Å²) in [5.74, 6) is -0.733. The van der Waals surface area contributed by atoms with E-state index < -0.39 is 47.6 Å². The van der Waals surface area contributed by atoms with Crippen molar-refractivity contribution in [3.63, 3.8) is 0 Å². The highest BCUT2D eigenvalue weighted by atomic mass is 35.5. The number of anilines is 1. The lowest BCUT2D eigenvalue weighted by molar-refractivity contribution is -0.137. The van der Waals surface area contributed by atoms with Crippen molar-refractivity contribution in [1.29, 1.82) is 0 Å². The molecule has 2 N–H and O–H groups in total. The Morgan fingerprint density at radius 3 is 2.24 bits per heavy atom. The van der Waals surface area contributed by atoms with Gasteiger partial charge < -0.3 is 25.0 Å². The predicted molar refractivity (Wildman–Crippen MR) is 151 cm³/mol. The molecule has 3 amide bonds. The summed E-state index contributed by atoms with van der Waals surface area (Å²) in [6.45, 7) is 5.14. The van der Waals surface area contributed by atoms with Gasteiger partial charge in [0.25, 0.3) is 0 Å². The third-order valence-corrected chi connectivity index (χ3v) is 6.45. The first kappa shape index (κ1) is 30.7. The van der Waals surface area contributed by atoms with E-state index in [9.17, 15) is 27.6 Å². The Morgan fingerprint density at radius 2 is 1.60 bits per heavy atom. The van der Waals surface area contributed by atoms with Gasteiger partial charge in [-0.05, 0) is 74.4 Å². The first-order valence-corrected chi connectivity index (χ1v) is 13.4. The fraction of sp³-hybridized carbons (Fsp3) is 0.300. The van der Waals surface area contributed by atoms with E-state index in [4.69, 9.17) is 21.1 Å². The van der Waals surface area contributed by atoms with Crippen LogP contribution in [0.1, 0.15) is 36.7 Å². The molecule has 3 aromatic rings. The van der Waals surface area contributed by atoms with E-state index in [2.05, 4.69) is 10.6 Å². The van der Waals surface area contributed by atoms with Crippen LogP contribution in [0.25, 0.3) is 11.1 Å². The van der Waals surface area contributed by atoms with Crippen molar-refractivity contribution >= 4 is 35.4 Å². The first-order valence-electron chi connectivity index (χ1n) is 13.0. The second-order valence-corrected chi connectivity index (χ2v) is 11.1. The van der Waals surface area contributed by atoms with Crippen molar-refractivity contribution in [2.24, 2.45) is 0 Å². The van der Waals surface area contributed by atoms with E-state index >= 15 is 0 Å².